The molecule has 6 heteroatoms. The first-order valence-electron chi connectivity index (χ1n) is 3.42. The van der Waals surface area contributed by atoms with Gasteiger partial charge >= 0.3 is 0 Å². The summed E-state index contributed by atoms with van der Waals surface area (Å²) in [6.07, 6.45) is 3.23. The second-order valence-corrected chi connectivity index (χ2v) is 2.89. The minimum atomic E-state index is 0.0805. The molecule has 5 nitrogen and oxygen atoms in total. The fourth-order valence-electron chi connectivity index (χ4n) is 0.772. The molecule has 0 unspecified atom stereocenters. The van der Waals surface area contributed by atoms with Gasteiger partial charge in [-0.2, -0.15) is 5.26 Å². The van der Waals surface area contributed by atoms with Crippen molar-refractivity contribution < 1.29 is 0 Å². The Morgan fingerprint density at radius 1 is 1.77 bits per heavy atom. The zero-order chi connectivity index (χ0) is 9.68. The van der Waals surface area contributed by atoms with Crippen molar-refractivity contribution in [3.8, 4) is 6.07 Å². The molecule has 1 heterocycles. The van der Waals surface area contributed by atoms with E-state index in [1.807, 2.05) is 12.3 Å². The molecule has 0 amide bonds. The highest BCUT2D eigenvalue weighted by molar-refractivity contribution is 7.98. The first kappa shape index (κ1) is 9.61. The summed E-state index contributed by atoms with van der Waals surface area (Å²) in [5.41, 5.74) is 0.524. The molecule has 1 rings (SSSR count). The number of hydrogen-bond donors (Lipinski definition) is 0. The molecule has 66 valence electrons. The van der Waals surface area contributed by atoms with Gasteiger partial charge in [-0.25, -0.2) is 9.97 Å². The summed E-state index contributed by atoms with van der Waals surface area (Å²) >= 11 is 1.35. The smallest absolute Gasteiger partial charge is 0.187 e. The van der Waals surface area contributed by atoms with E-state index in [4.69, 9.17) is 5.26 Å². The van der Waals surface area contributed by atoms with Gasteiger partial charge in [0.2, 0.25) is 0 Å². The summed E-state index contributed by atoms with van der Waals surface area (Å²) in [4.78, 5) is 18.1. The van der Waals surface area contributed by atoms with Crippen LogP contribution in [0.5, 0.6) is 0 Å². The molecule has 1 aromatic heterocycles. The number of nitrogens with zero attached hydrogens (tertiary/aromatic N) is 4. The van der Waals surface area contributed by atoms with E-state index in [-0.39, 0.29) is 12.1 Å². The molecule has 0 aliphatic rings. The van der Waals surface area contributed by atoms with Gasteiger partial charge in [-0.1, -0.05) is 11.8 Å². The van der Waals surface area contributed by atoms with Crippen LogP contribution in [0.25, 0.3) is 0 Å². The van der Waals surface area contributed by atoms with Crippen LogP contribution in [0.4, 0.5) is 5.69 Å². The predicted molar refractivity (Wildman–Crippen MR) is 48.6 cm³/mol. The van der Waals surface area contributed by atoms with Crippen molar-refractivity contribution in [1.82, 2.24) is 9.97 Å². The molecule has 0 aliphatic heterocycles. The van der Waals surface area contributed by atoms with E-state index in [0.717, 1.165) is 0 Å². The van der Waals surface area contributed by atoms with Crippen molar-refractivity contribution >= 4 is 17.4 Å². The maximum absolute atomic E-state index is 10.3. The van der Waals surface area contributed by atoms with Crippen molar-refractivity contribution in [2.75, 3.05) is 6.26 Å². The molecular formula is C7H6N4OS. The lowest BCUT2D eigenvalue weighted by atomic mass is 10.3. The lowest BCUT2D eigenvalue weighted by Gasteiger charge is -1.98. The molecule has 0 radical (unpaired) electrons. The van der Waals surface area contributed by atoms with Gasteiger partial charge in [-0.15, -0.1) is 4.91 Å². The summed E-state index contributed by atoms with van der Waals surface area (Å²) in [5, 5.41) is 11.7. The van der Waals surface area contributed by atoms with Crippen LogP contribution in [0.2, 0.25) is 0 Å². The van der Waals surface area contributed by atoms with Crippen molar-refractivity contribution in [2.24, 2.45) is 5.18 Å². The van der Waals surface area contributed by atoms with Crippen LogP contribution in [0.3, 0.4) is 0 Å². The second kappa shape index (κ2) is 4.52. The summed E-state index contributed by atoms with van der Waals surface area (Å²) in [6.45, 7) is 0. The Hall–Kier alpha value is -1.48. The average Bonchev–Trinajstić information content (AvgIpc) is 2.18. The lowest BCUT2D eigenvalue weighted by Crippen LogP contribution is -1.93. The number of nitroso groups, excluding NO2 is 1. The summed E-state index contributed by atoms with van der Waals surface area (Å²) < 4.78 is 0. The molecule has 0 fully saturated rings. The third-order valence-electron chi connectivity index (χ3n) is 1.35. The standard InChI is InChI=1S/C7H6N4OS/c1-13-7-9-4-6(11-12)5(10-7)2-3-8/h4H,2H2,1H3. The lowest BCUT2D eigenvalue weighted by molar-refractivity contribution is 0.913. The number of nitriles is 1. The molecule has 0 saturated carbocycles. The van der Waals surface area contributed by atoms with Gasteiger partial charge < -0.3 is 0 Å². The number of hydrogen-bond acceptors (Lipinski definition) is 6. The summed E-state index contributed by atoms with van der Waals surface area (Å²) in [5.74, 6) is 0. The highest BCUT2D eigenvalue weighted by Crippen LogP contribution is 2.18. The highest BCUT2D eigenvalue weighted by Gasteiger charge is 2.06. The molecule has 0 N–H and O–H groups in total. The minimum Gasteiger partial charge on any atom is -0.229 e. The van der Waals surface area contributed by atoms with E-state index in [1.165, 1.54) is 18.0 Å². The number of aromatic nitrogens is 2. The van der Waals surface area contributed by atoms with E-state index in [0.29, 0.717) is 10.9 Å². The van der Waals surface area contributed by atoms with Gasteiger partial charge in [0.25, 0.3) is 0 Å². The van der Waals surface area contributed by atoms with Gasteiger partial charge in [-0.05, 0) is 11.4 Å². The Kier molecular flexibility index (Phi) is 3.34. The zero-order valence-corrected chi connectivity index (χ0v) is 7.71. The number of rotatable bonds is 3. The Morgan fingerprint density at radius 3 is 3.08 bits per heavy atom. The average molecular weight is 194 g/mol. The van der Waals surface area contributed by atoms with E-state index in [9.17, 15) is 4.91 Å². The molecule has 0 bridgehead atoms. The van der Waals surface area contributed by atoms with Gasteiger partial charge in [-0.3, -0.25) is 0 Å². The Labute approximate surface area is 79.2 Å². The first-order valence-corrected chi connectivity index (χ1v) is 4.64. The topological polar surface area (TPSA) is 79.0 Å². The molecule has 0 atom stereocenters. The van der Waals surface area contributed by atoms with Gasteiger partial charge in [0, 0.05) is 0 Å². The Bertz CT molecular complexity index is 360. The fourth-order valence-corrected chi connectivity index (χ4v) is 1.13. The largest absolute Gasteiger partial charge is 0.229 e. The third-order valence-corrected chi connectivity index (χ3v) is 1.91. The first-order chi connectivity index (χ1) is 6.31. The van der Waals surface area contributed by atoms with Crippen molar-refractivity contribution in [3.05, 3.63) is 16.8 Å². The normalized spacial score (nSPS) is 9.23. The molecule has 0 aromatic carbocycles. The predicted octanol–water partition coefficient (Wildman–Crippen LogP) is 1.66. The monoisotopic (exact) mass is 194 g/mol. The van der Waals surface area contributed by atoms with Crippen LogP contribution in [0.1, 0.15) is 5.69 Å². The van der Waals surface area contributed by atoms with E-state index >= 15 is 0 Å². The van der Waals surface area contributed by atoms with Crippen LogP contribution in [-0.4, -0.2) is 16.2 Å². The quantitative estimate of drug-likeness (QED) is 0.415. The Morgan fingerprint density at radius 2 is 2.54 bits per heavy atom. The van der Waals surface area contributed by atoms with Gasteiger partial charge in [0.15, 0.2) is 5.16 Å². The number of thioether (sulfide) groups is 1. The molecule has 0 aliphatic carbocycles. The minimum absolute atomic E-state index is 0.0805. The van der Waals surface area contributed by atoms with Crippen molar-refractivity contribution in [2.45, 2.75) is 11.6 Å². The van der Waals surface area contributed by atoms with Crippen LogP contribution in [0.15, 0.2) is 16.5 Å². The second-order valence-electron chi connectivity index (χ2n) is 2.11. The molecule has 1 aromatic rings. The van der Waals surface area contributed by atoms with Crippen molar-refractivity contribution in [3.63, 3.8) is 0 Å². The van der Waals surface area contributed by atoms with Crippen LogP contribution in [0, 0.1) is 16.2 Å². The molecule has 13 heavy (non-hydrogen) atoms. The third kappa shape index (κ3) is 2.23. The van der Waals surface area contributed by atoms with Gasteiger partial charge in [0.05, 0.1) is 24.4 Å². The van der Waals surface area contributed by atoms with Crippen LogP contribution >= 0.6 is 11.8 Å². The SMILES string of the molecule is CSc1ncc(N=O)c(CC#N)n1. The van der Waals surface area contributed by atoms with Gasteiger partial charge in [0.1, 0.15) is 5.69 Å². The molecular weight excluding hydrogens is 188 g/mol. The van der Waals surface area contributed by atoms with Crippen molar-refractivity contribution in [1.29, 1.82) is 5.26 Å². The molecule has 0 saturated heterocycles. The highest BCUT2D eigenvalue weighted by atomic mass is 32.2. The van der Waals surface area contributed by atoms with E-state index < -0.39 is 0 Å². The summed E-state index contributed by atoms with van der Waals surface area (Å²) in [7, 11) is 0. The fraction of sp³-hybridized carbons (Fsp3) is 0.286. The van der Waals surface area contributed by atoms with E-state index in [1.54, 1.807) is 0 Å². The maximum atomic E-state index is 10.3. The zero-order valence-electron chi connectivity index (χ0n) is 6.89. The maximum Gasteiger partial charge on any atom is 0.187 e. The molecule has 0 spiro atoms. The Balaban J connectivity index is 3.11. The van der Waals surface area contributed by atoms with Crippen LogP contribution < -0.4 is 0 Å². The van der Waals surface area contributed by atoms with E-state index in [2.05, 4.69) is 15.1 Å². The van der Waals surface area contributed by atoms with Crippen LogP contribution in [-0.2, 0) is 6.42 Å². The summed E-state index contributed by atoms with van der Waals surface area (Å²) in [6, 6.07) is 1.91.